The number of aliphatic hydroxyl groups excluding tert-OH is 1. The van der Waals surface area contributed by atoms with Gasteiger partial charge >= 0.3 is 5.97 Å². The number of fused-ring (bicyclic) bond motifs is 1. The van der Waals surface area contributed by atoms with Crippen LogP contribution in [0.4, 0.5) is 0 Å². The summed E-state index contributed by atoms with van der Waals surface area (Å²) in [4.78, 5) is 110. The van der Waals surface area contributed by atoms with Crippen LogP contribution in [0.15, 0.2) is 24.3 Å². The smallest absolute Gasteiger partial charge is 0.329 e. The molecule has 2 aliphatic rings. The topological polar surface area (TPSA) is 276 Å². The lowest BCUT2D eigenvalue weighted by atomic mass is 9.91. The van der Waals surface area contributed by atoms with Gasteiger partial charge in [-0.25, -0.2) is 4.79 Å². The molecule has 9 N–H and O–H groups in total. The third kappa shape index (κ3) is 14.5. The van der Waals surface area contributed by atoms with Crippen molar-refractivity contribution in [2.24, 2.45) is 35.3 Å². The molecule has 6 amide bonds. The van der Waals surface area contributed by atoms with E-state index < -0.39 is 108 Å². The van der Waals surface area contributed by atoms with E-state index in [1.807, 2.05) is 34.6 Å². The highest BCUT2D eigenvalue weighted by molar-refractivity contribution is 5.96. The van der Waals surface area contributed by atoms with Crippen molar-refractivity contribution in [1.29, 1.82) is 0 Å². The normalized spacial score (nSPS) is 22.1. The molecule has 1 aromatic carbocycles. The molecule has 2 saturated carbocycles. The average Bonchev–Trinajstić information content (AvgIpc) is 3.97. The minimum atomic E-state index is -1.61. The Hall–Kier alpha value is -5.10. The molecule has 2 aliphatic carbocycles. The highest BCUT2D eigenvalue weighted by atomic mass is 16.5. The number of hydrogen-bond acceptors (Lipinski definition) is 12. The van der Waals surface area contributed by atoms with Gasteiger partial charge in [0.15, 0.2) is 0 Å². The summed E-state index contributed by atoms with van der Waals surface area (Å²) in [6, 6.07) is -0.0134. The molecular formula is C46H73N7O11. The Bertz CT molecular complexity index is 1830. The number of ether oxygens (including phenoxy) is 1. The van der Waals surface area contributed by atoms with Crippen LogP contribution >= 0.6 is 0 Å². The number of nitrogens with two attached hydrogens (primary N) is 1. The first kappa shape index (κ1) is 53.2. The molecule has 0 bridgehead atoms. The van der Waals surface area contributed by atoms with Gasteiger partial charge in [-0.3, -0.25) is 33.6 Å². The number of carbonyl (C=O) groups excluding carboxylic acids is 8. The minimum Gasteiger partial charge on any atom is -0.508 e. The summed E-state index contributed by atoms with van der Waals surface area (Å²) in [5.74, 6) is -6.58. The van der Waals surface area contributed by atoms with E-state index in [2.05, 4.69) is 26.6 Å². The minimum absolute atomic E-state index is 0.00584. The van der Waals surface area contributed by atoms with Gasteiger partial charge in [0.2, 0.25) is 35.4 Å². The van der Waals surface area contributed by atoms with Crippen LogP contribution < -0.4 is 32.3 Å². The first-order valence-electron chi connectivity index (χ1n) is 22.7. The van der Waals surface area contributed by atoms with Crippen molar-refractivity contribution in [3.05, 3.63) is 29.8 Å². The second-order valence-electron chi connectivity index (χ2n) is 18.5. The molecule has 0 radical (unpaired) electrons. The predicted molar refractivity (Wildman–Crippen MR) is 238 cm³/mol. The maximum absolute atomic E-state index is 14.3. The van der Waals surface area contributed by atoms with Crippen LogP contribution in [0.2, 0.25) is 0 Å². The van der Waals surface area contributed by atoms with Crippen LogP contribution in [-0.2, 0) is 49.5 Å². The number of carbonyl (C=O) groups is 8. The number of benzene rings is 1. The maximum Gasteiger partial charge on any atom is 0.329 e. The molecule has 0 saturated heterocycles. The Labute approximate surface area is 377 Å². The zero-order chi connectivity index (χ0) is 48.2. The number of aromatic hydroxyl groups is 1. The first-order valence-corrected chi connectivity index (χ1v) is 22.7. The molecule has 0 aliphatic heterocycles. The molecule has 0 spiro atoms. The number of rotatable bonds is 24. The van der Waals surface area contributed by atoms with Gasteiger partial charge < -0.3 is 52.2 Å². The third-order valence-electron chi connectivity index (χ3n) is 12.9. The molecule has 358 valence electrons. The lowest BCUT2D eigenvalue weighted by Gasteiger charge is -2.33. The zero-order valence-electron chi connectivity index (χ0n) is 39.2. The van der Waals surface area contributed by atoms with E-state index in [9.17, 15) is 48.6 Å². The predicted octanol–water partition coefficient (Wildman–Crippen LogP) is 1.37. The summed E-state index contributed by atoms with van der Waals surface area (Å²) >= 11 is 0. The van der Waals surface area contributed by atoms with E-state index >= 15 is 0 Å². The lowest BCUT2D eigenvalue weighted by molar-refractivity contribution is -0.158. The molecule has 1 aromatic rings. The number of Topliss-reactive ketones (excluding diaryl/α,β-unsaturated/α-hetero) is 1. The number of phenols is 1. The van der Waals surface area contributed by atoms with E-state index in [4.69, 9.17) is 10.5 Å². The number of ketones is 1. The van der Waals surface area contributed by atoms with Crippen molar-refractivity contribution >= 4 is 47.2 Å². The summed E-state index contributed by atoms with van der Waals surface area (Å²) in [7, 11) is 1.46. The number of esters is 1. The summed E-state index contributed by atoms with van der Waals surface area (Å²) in [5.41, 5.74) is 6.00. The highest BCUT2D eigenvalue weighted by Gasteiger charge is 2.62. The average molecular weight is 900 g/mol. The molecular weight excluding hydrogens is 827 g/mol. The number of phenolic OH excluding ortho intramolecular Hbond substituents is 1. The van der Waals surface area contributed by atoms with Crippen molar-refractivity contribution in [3.63, 3.8) is 0 Å². The van der Waals surface area contributed by atoms with Gasteiger partial charge in [0.25, 0.3) is 0 Å². The number of amides is 6. The van der Waals surface area contributed by atoms with Crippen LogP contribution in [0.3, 0.4) is 0 Å². The second kappa shape index (κ2) is 23.7. The molecule has 12 atom stereocenters. The fraction of sp³-hybridized carbons (Fsp3) is 0.696. The van der Waals surface area contributed by atoms with Gasteiger partial charge in [-0.15, -0.1) is 0 Å². The van der Waals surface area contributed by atoms with Crippen LogP contribution in [0.1, 0.15) is 113 Å². The first-order chi connectivity index (χ1) is 30.0. The number of aliphatic hydroxyl groups is 1. The Morgan fingerprint density at radius 3 is 2.03 bits per heavy atom. The quantitative estimate of drug-likeness (QED) is 0.0684. The van der Waals surface area contributed by atoms with E-state index in [0.717, 1.165) is 0 Å². The van der Waals surface area contributed by atoms with Crippen molar-refractivity contribution in [3.8, 4) is 5.75 Å². The molecule has 64 heavy (non-hydrogen) atoms. The van der Waals surface area contributed by atoms with Crippen LogP contribution in [-0.4, -0.2) is 124 Å². The van der Waals surface area contributed by atoms with Crippen molar-refractivity contribution in [2.45, 2.75) is 162 Å². The number of nitrogens with zero attached hydrogens (tertiary/aromatic N) is 1. The third-order valence-corrected chi connectivity index (χ3v) is 12.9. The molecule has 18 heteroatoms. The van der Waals surface area contributed by atoms with Crippen LogP contribution in [0.25, 0.3) is 0 Å². The molecule has 3 rings (SSSR count). The largest absolute Gasteiger partial charge is 0.508 e. The van der Waals surface area contributed by atoms with E-state index in [1.54, 1.807) is 32.9 Å². The van der Waals surface area contributed by atoms with Gasteiger partial charge in [-0.2, -0.15) is 0 Å². The molecule has 18 nitrogen and oxygen atoms in total. The summed E-state index contributed by atoms with van der Waals surface area (Å²) in [5, 5.41) is 33.7. The fourth-order valence-corrected chi connectivity index (χ4v) is 7.84. The Kier molecular flexibility index (Phi) is 19.7. The Balaban J connectivity index is 1.92. The van der Waals surface area contributed by atoms with Crippen LogP contribution in [0, 0.1) is 29.6 Å². The van der Waals surface area contributed by atoms with Gasteiger partial charge in [-0.05, 0) is 68.1 Å². The Morgan fingerprint density at radius 1 is 0.828 bits per heavy atom. The van der Waals surface area contributed by atoms with Gasteiger partial charge in [-0.1, -0.05) is 80.4 Å². The summed E-state index contributed by atoms with van der Waals surface area (Å²) in [6.45, 7) is 15.3. The number of likely N-dealkylation sites (N-methyl/N-ethyl adjacent to an activating group) is 1. The maximum atomic E-state index is 14.3. The SMILES string of the molecule is CCC(C)C(=O)NCC(=O)N[C@H](C(=O)NC(CC(C)C)C(=O)NC12CC1C(=O)C[C@@H](O)C2)C(C)OC(=O)C(NC(=O)C(Cc1ccc(O)cc1)N(C)C(=O)C(N)C(C)CC)[C@H](C)CC. The highest BCUT2D eigenvalue weighted by Crippen LogP contribution is 2.51. The number of hydrogen-bond donors (Lipinski definition) is 8. The molecule has 9 unspecified atom stereocenters. The fourth-order valence-electron chi connectivity index (χ4n) is 7.84. The van der Waals surface area contributed by atoms with Gasteiger partial charge in [0, 0.05) is 31.7 Å². The number of nitrogens with one attached hydrogen (secondary N) is 5. The van der Waals surface area contributed by atoms with Crippen molar-refractivity contribution < 1.29 is 53.3 Å². The molecule has 2 fully saturated rings. The van der Waals surface area contributed by atoms with Crippen molar-refractivity contribution in [2.75, 3.05) is 13.6 Å². The second-order valence-corrected chi connectivity index (χ2v) is 18.5. The van der Waals surface area contributed by atoms with Gasteiger partial charge in [0.1, 0.15) is 41.8 Å². The van der Waals surface area contributed by atoms with Gasteiger partial charge in [0.05, 0.1) is 24.2 Å². The van der Waals surface area contributed by atoms with E-state index in [0.29, 0.717) is 31.2 Å². The Morgan fingerprint density at radius 2 is 1.45 bits per heavy atom. The summed E-state index contributed by atoms with van der Waals surface area (Å²) in [6.07, 6.45) is -0.0709. The molecule has 0 heterocycles. The van der Waals surface area contributed by atoms with E-state index in [-0.39, 0.29) is 55.0 Å². The van der Waals surface area contributed by atoms with Crippen LogP contribution in [0.5, 0.6) is 5.75 Å². The lowest BCUT2D eigenvalue weighted by Crippen LogP contribution is -2.61. The standard InChI is InChI=1S/C46H73N7O11/c1-11-25(6)37(47)44(62)53(10)34(19-29-14-16-30(54)17-15-29)42(60)51-38(26(7)12-2)45(63)64-28(9)39(50-36(57)23-48-40(58)27(8)13-3)43(61)49-33(18-24(4)5)41(59)52-46-21-31(55)20-35(56)32(46)22-46/h14-17,24-28,31-34,37-39,54-55H,11-13,18-23,47H2,1-10H3,(H,48,58)(H,49,61)(H,50,57)(H,51,60)(H,52,59)/t25?,26-,27?,28?,31-,32?,33?,34?,37?,38?,39+,46?/m1/s1. The zero-order valence-corrected chi connectivity index (χ0v) is 39.2. The monoisotopic (exact) mass is 900 g/mol. The summed E-state index contributed by atoms with van der Waals surface area (Å²) < 4.78 is 5.89. The van der Waals surface area contributed by atoms with E-state index in [1.165, 1.54) is 31.0 Å². The van der Waals surface area contributed by atoms with Crippen molar-refractivity contribution in [1.82, 2.24) is 31.5 Å². The molecule has 0 aromatic heterocycles.